The van der Waals surface area contributed by atoms with Crippen molar-refractivity contribution in [3.05, 3.63) is 35.4 Å². The third-order valence-corrected chi connectivity index (χ3v) is 4.00. The summed E-state index contributed by atoms with van der Waals surface area (Å²) in [6, 6.07) is 8.01. The second kappa shape index (κ2) is 6.20. The first-order chi connectivity index (χ1) is 9.13. The molecule has 1 aromatic carbocycles. The maximum Gasteiger partial charge on any atom is 0.224 e. The minimum Gasteiger partial charge on any atom is -0.394 e. The van der Waals surface area contributed by atoms with Gasteiger partial charge in [0.1, 0.15) is 0 Å². The molecule has 1 amide bonds. The number of hydrogen-bond acceptors (Lipinski definition) is 2. The summed E-state index contributed by atoms with van der Waals surface area (Å²) in [6.07, 6.45) is 5.56. The van der Waals surface area contributed by atoms with Crippen LogP contribution in [0.25, 0.3) is 0 Å². The van der Waals surface area contributed by atoms with Crippen molar-refractivity contribution in [3.8, 4) is 0 Å². The van der Waals surface area contributed by atoms with E-state index in [4.69, 9.17) is 0 Å². The third kappa shape index (κ3) is 3.80. The molecule has 2 N–H and O–H groups in total. The average Bonchev–Trinajstić information content (AvgIpc) is 2.42. The molecule has 1 aliphatic carbocycles. The van der Waals surface area contributed by atoms with Crippen molar-refractivity contribution in [2.75, 3.05) is 6.61 Å². The van der Waals surface area contributed by atoms with Crippen LogP contribution in [0.1, 0.15) is 43.2 Å². The number of rotatable bonds is 4. The standard InChI is InChI=1S/C16H23NO2/c1-13-5-7-14(8-6-13)11-15(19)17-16(12-18)9-3-2-4-10-16/h5-8,18H,2-4,9-12H2,1H3,(H,17,19). The highest BCUT2D eigenvalue weighted by Gasteiger charge is 2.32. The molecular weight excluding hydrogens is 238 g/mol. The van der Waals surface area contributed by atoms with Gasteiger partial charge in [-0.05, 0) is 25.3 Å². The van der Waals surface area contributed by atoms with Crippen LogP contribution >= 0.6 is 0 Å². The Balaban J connectivity index is 1.94. The van der Waals surface area contributed by atoms with E-state index in [2.05, 4.69) is 5.32 Å². The van der Waals surface area contributed by atoms with Crippen LogP contribution in [0.4, 0.5) is 0 Å². The van der Waals surface area contributed by atoms with Crippen LogP contribution in [0.2, 0.25) is 0 Å². The fourth-order valence-electron chi connectivity index (χ4n) is 2.78. The summed E-state index contributed by atoms with van der Waals surface area (Å²) in [4.78, 5) is 12.1. The Morgan fingerprint density at radius 3 is 2.42 bits per heavy atom. The first kappa shape index (κ1) is 14.1. The molecule has 1 saturated carbocycles. The molecule has 0 spiro atoms. The zero-order valence-corrected chi connectivity index (χ0v) is 11.6. The fraction of sp³-hybridized carbons (Fsp3) is 0.562. The van der Waals surface area contributed by atoms with Gasteiger partial charge in [0, 0.05) is 0 Å². The summed E-state index contributed by atoms with van der Waals surface area (Å²) in [5.41, 5.74) is 1.84. The second-order valence-electron chi connectivity index (χ2n) is 5.71. The number of aliphatic hydroxyl groups excluding tert-OH is 1. The normalized spacial score (nSPS) is 18.0. The summed E-state index contributed by atoms with van der Waals surface area (Å²) in [5.74, 6) is 0.0137. The highest BCUT2D eigenvalue weighted by atomic mass is 16.3. The SMILES string of the molecule is Cc1ccc(CC(=O)NC2(CO)CCCCC2)cc1. The smallest absolute Gasteiger partial charge is 0.224 e. The molecule has 0 radical (unpaired) electrons. The van der Waals surface area contributed by atoms with Gasteiger partial charge in [-0.3, -0.25) is 4.79 Å². The van der Waals surface area contributed by atoms with Gasteiger partial charge < -0.3 is 10.4 Å². The van der Waals surface area contributed by atoms with E-state index >= 15 is 0 Å². The van der Waals surface area contributed by atoms with E-state index in [1.165, 1.54) is 12.0 Å². The third-order valence-electron chi connectivity index (χ3n) is 4.00. The van der Waals surface area contributed by atoms with E-state index in [9.17, 15) is 9.90 Å². The maximum atomic E-state index is 12.1. The Labute approximate surface area is 115 Å². The first-order valence-corrected chi connectivity index (χ1v) is 7.11. The summed E-state index contributed by atoms with van der Waals surface area (Å²) in [7, 11) is 0. The zero-order valence-electron chi connectivity index (χ0n) is 11.6. The number of carbonyl (C=O) groups excluding carboxylic acids is 1. The first-order valence-electron chi connectivity index (χ1n) is 7.11. The predicted molar refractivity (Wildman–Crippen MR) is 75.9 cm³/mol. The summed E-state index contributed by atoms with van der Waals surface area (Å²) in [6.45, 7) is 2.08. The van der Waals surface area contributed by atoms with Crippen molar-refractivity contribution >= 4 is 5.91 Å². The van der Waals surface area contributed by atoms with Crippen molar-refractivity contribution in [1.29, 1.82) is 0 Å². The number of nitrogens with one attached hydrogen (secondary N) is 1. The Bertz CT molecular complexity index is 419. The molecule has 19 heavy (non-hydrogen) atoms. The molecule has 2 rings (SSSR count). The molecule has 1 fully saturated rings. The number of aliphatic hydroxyl groups is 1. The van der Waals surface area contributed by atoms with Gasteiger partial charge in [-0.2, -0.15) is 0 Å². The molecule has 0 aromatic heterocycles. The van der Waals surface area contributed by atoms with Gasteiger partial charge in [0.2, 0.25) is 5.91 Å². The summed E-state index contributed by atoms with van der Waals surface area (Å²) in [5, 5.41) is 12.6. The van der Waals surface area contributed by atoms with E-state index in [0.717, 1.165) is 31.2 Å². The number of aryl methyl sites for hydroxylation is 1. The molecule has 0 unspecified atom stereocenters. The minimum atomic E-state index is -0.375. The monoisotopic (exact) mass is 261 g/mol. The van der Waals surface area contributed by atoms with Crippen LogP contribution in [-0.2, 0) is 11.2 Å². The van der Waals surface area contributed by atoms with Gasteiger partial charge in [0.15, 0.2) is 0 Å². The lowest BCUT2D eigenvalue weighted by atomic mass is 9.82. The number of benzene rings is 1. The van der Waals surface area contributed by atoms with E-state index in [-0.39, 0.29) is 18.1 Å². The van der Waals surface area contributed by atoms with E-state index in [0.29, 0.717) is 6.42 Å². The molecule has 0 saturated heterocycles. The van der Waals surface area contributed by atoms with Crippen molar-refractivity contribution in [2.24, 2.45) is 0 Å². The van der Waals surface area contributed by atoms with Crippen LogP contribution in [0.15, 0.2) is 24.3 Å². The number of amides is 1. The maximum absolute atomic E-state index is 12.1. The number of hydrogen-bond donors (Lipinski definition) is 2. The Kier molecular flexibility index (Phi) is 4.59. The van der Waals surface area contributed by atoms with Gasteiger partial charge in [-0.25, -0.2) is 0 Å². The predicted octanol–water partition coefficient (Wildman–Crippen LogP) is 2.35. The van der Waals surface area contributed by atoms with Gasteiger partial charge in [0.25, 0.3) is 0 Å². The molecule has 0 atom stereocenters. The lowest BCUT2D eigenvalue weighted by Crippen LogP contribution is -2.52. The van der Waals surface area contributed by atoms with E-state index < -0.39 is 0 Å². The van der Waals surface area contributed by atoms with Crippen molar-refractivity contribution in [3.63, 3.8) is 0 Å². The van der Waals surface area contributed by atoms with E-state index in [1.807, 2.05) is 31.2 Å². The largest absolute Gasteiger partial charge is 0.394 e. The van der Waals surface area contributed by atoms with Crippen molar-refractivity contribution in [2.45, 2.75) is 51.0 Å². The van der Waals surface area contributed by atoms with Crippen molar-refractivity contribution in [1.82, 2.24) is 5.32 Å². The minimum absolute atomic E-state index is 0.0137. The van der Waals surface area contributed by atoms with Crippen molar-refractivity contribution < 1.29 is 9.90 Å². The van der Waals surface area contributed by atoms with Crippen LogP contribution in [0.3, 0.4) is 0 Å². The molecule has 3 heteroatoms. The average molecular weight is 261 g/mol. The Hall–Kier alpha value is -1.35. The molecule has 1 aliphatic rings. The van der Waals surface area contributed by atoms with Crippen LogP contribution in [-0.4, -0.2) is 23.2 Å². The Morgan fingerprint density at radius 1 is 1.21 bits per heavy atom. The molecule has 3 nitrogen and oxygen atoms in total. The molecule has 104 valence electrons. The topological polar surface area (TPSA) is 49.3 Å². The molecule has 1 aromatic rings. The van der Waals surface area contributed by atoms with Crippen LogP contribution in [0.5, 0.6) is 0 Å². The lowest BCUT2D eigenvalue weighted by molar-refractivity contribution is -0.123. The van der Waals surface area contributed by atoms with Crippen LogP contribution < -0.4 is 5.32 Å². The Morgan fingerprint density at radius 2 is 1.84 bits per heavy atom. The molecular formula is C16H23NO2. The van der Waals surface area contributed by atoms with Crippen LogP contribution in [0, 0.1) is 6.92 Å². The second-order valence-corrected chi connectivity index (χ2v) is 5.71. The molecule has 0 aliphatic heterocycles. The molecule has 0 heterocycles. The summed E-state index contributed by atoms with van der Waals surface area (Å²) < 4.78 is 0. The van der Waals surface area contributed by atoms with Gasteiger partial charge in [-0.15, -0.1) is 0 Å². The highest BCUT2D eigenvalue weighted by Crippen LogP contribution is 2.27. The fourth-order valence-corrected chi connectivity index (χ4v) is 2.78. The quantitative estimate of drug-likeness (QED) is 0.874. The van der Waals surface area contributed by atoms with Gasteiger partial charge >= 0.3 is 0 Å². The lowest BCUT2D eigenvalue weighted by Gasteiger charge is -2.36. The van der Waals surface area contributed by atoms with E-state index in [1.54, 1.807) is 0 Å². The van der Waals surface area contributed by atoms with Gasteiger partial charge in [-0.1, -0.05) is 49.1 Å². The van der Waals surface area contributed by atoms with Gasteiger partial charge in [0.05, 0.1) is 18.6 Å². The highest BCUT2D eigenvalue weighted by molar-refractivity contribution is 5.79. The molecule has 0 bridgehead atoms. The summed E-state index contributed by atoms with van der Waals surface area (Å²) >= 11 is 0. The zero-order chi connectivity index (χ0) is 13.7. The number of carbonyl (C=O) groups is 1.